The van der Waals surface area contributed by atoms with E-state index in [4.69, 9.17) is 10.8 Å². The number of carboxylic acids is 1. The number of benzene rings is 1. The summed E-state index contributed by atoms with van der Waals surface area (Å²) in [6.45, 7) is 0.511. The van der Waals surface area contributed by atoms with Gasteiger partial charge >= 0.3 is 5.97 Å². The van der Waals surface area contributed by atoms with Gasteiger partial charge in [-0.1, -0.05) is 12.5 Å². The van der Waals surface area contributed by atoms with Gasteiger partial charge in [-0.05, 0) is 37.4 Å². The highest BCUT2D eigenvalue weighted by Crippen LogP contribution is 2.18. The Labute approximate surface area is 105 Å². The van der Waals surface area contributed by atoms with E-state index in [1.54, 1.807) is 0 Å². The molecule has 0 amide bonds. The summed E-state index contributed by atoms with van der Waals surface area (Å²) in [5.41, 5.74) is 5.57. The van der Waals surface area contributed by atoms with Gasteiger partial charge in [0.1, 0.15) is 11.6 Å². The van der Waals surface area contributed by atoms with Crippen LogP contribution in [-0.4, -0.2) is 17.6 Å². The molecule has 1 aromatic carbocycles. The number of halogens is 2. The second kappa shape index (κ2) is 7.06. The second-order valence-corrected chi connectivity index (χ2v) is 4.26. The van der Waals surface area contributed by atoms with Crippen LogP contribution in [0.25, 0.3) is 0 Å². The number of nitrogens with two attached hydrogens (primary N) is 1. The van der Waals surface area contributed by atoms with E-state index < -0.39 is 23.5 Å². The van der Waals surface area contributed by atoms with Crippen molar-refractivity contribution in [2.45, 2.75) is 25.7 Å². The molecule has 5 heteroatoms. The number of unbranched alkanes of at least 4 members (excludes halogenated alkanes) is 1. The van der Waals surface area contributed by atoms with Crippen molar-refractivity contribution in [2.75, 3.05) is 6.54 Å². The van der Waals surface area contributed by atoms with Gasteiger partial charge in [-0.25, -0.2) is 8.78 Å². The predicted octanol–water partition coefficient (Wildman–Crippen LogP) is 2.34. The number of rotatable bonds is 7. The lowest BCUT2D eigenvalue weighted by molar-refractivity contribution is -0.142. The monoisotopic (exact) mass is 257 g/mol. The molecule has 0 aliphatic carbocycles. The molecule has 0 aromatic heterocycles. The standard InChI is InChI=1S/C13H17F2NO2/c14-11-5-4-9(12(15)8-11)7-10(13(17)18)3-1-2-6-16/h4-5,8,10H,1-3,6-7,16H2,(H,17,18). The summed E-state index contributed by atoms with van der Waals surface area (Å²) < 4.78 is 26.1. The zero-order valence-electron chi connectivity index (χ0n) is 10.0. The number of carbonyl (C=O) groups is 1. The Hall–Kier alpha value is -1.49. The summed E-state index contributed by atoms with van der Waals surface area (Å²) in [7, 11) is 0. The predicted molar refractivity (Wildman–Crippen MR) is 64.1 cm³/mol. The van der Waals surface area contributed by atoms with Gasteiger partial charge in [0.2, 0.25) is 0 Å². The van der Waals surface area contributed by atoms with Crippen molar-refractivity contribution in [2.24, 2.45) is 11.7 Å². The van der Waals surface area contributed by atoms with Crippen LogP contribution in [0.3, 0.4) is 0 Å². The number of carboxylic acid groups (broad SMARTS) is 1. The molecule has 100 valence electrons. The Morgan fingerprint density at radius 3 is 2.61 bits per heavy atom. The maximum Gasteiger partial charge on any atom is 0.306 e. The molecule has 0 aliphatic rings. The van der Waals surface area contributed by atoms with Crippen molar-refractivity contribution >= 4 is 5.97 Å². The minimum atomic E-state index is -0.962. The summed E-state index contributed by atoms with van der Waals surface area (Å²) in [5, 5.41) is 9.05. The van der Waals surface area contributed by atoms with Crippen LogP contribution in [-0.2, 0) is 11.2 Å². The van der Waals surface area contributed by atoms with E-state index in [1.165, 1.54) is 6.07 Å². The average molecular weight is 257 g/mol. The van der Waals surface area contributed by atoms with Crippen molar-refractivity contribution in [3.8, 4) is 0 Å². The van der Waals surface area contributed by atoms with E-state index in [0.29, 0.717) is 19.4 Å². The molecule has 18 heavy (non-hydrogen) atoms. The second-order valence-electron chi connectivity index (χ2n) is 4.26. The summed E-state index contributed by atoms with van der Waals surface area (Å²) >= 11 is 0. The van der Waals surface area contributed by atoms with Crippen molar-refractivity contribution in [1.29, 1.82) is 0 Å². The smallest absolute Gasteiger partial charge is 0.306 e. The molecule has 0 saturated carbocycles. The molecule has 0 radical (unpaired) electrons. The number of hydrogen-bond donors (Lipinski definition) is 2. The van der Waals surface area contributed by atoms with Gasteiger partial charge in [0.15, 0.2) is 0 Å². The number of aliphatic carboxylic acids is 1. The van der Waals surface area contributed by atoms with E-state index in [2.05, 4.69) is 0 Å². The zero-order chi connectivity index (χ0) is 13.5. The maximum atomic E-state index is 13.4. The Morgan fingerprint density at radius 2 is 2.06 bits per heavy atom. The van der Waals surface area contributed by atoms with E-state index in [9.17, 15) is 13.6 Å². The quantitative estimate of drug-likeness (QED) is 0.737. The first-order valence-corrected chi connectivity index (χ1v) is 5.91. The summed E-state index contributed by atoms with van der Waals surface area (Å²) in [5.74, 6) is -2.97. The third-order valence-corrected chi connectivity index (χ3v) is 2.84. The van der Waals surface area contributed by atoms with Crippen LogP contribution in [0.4, 0.5) is 8.78 Å². The van der Waals surface area contributed by atoms with Crippen LogP contribution in [0.2, 0.25) is 0 Å². The van der Waals surface area contributed by atoms with Gasteiger partial charge in [0.25, 0.3) is 0 Å². The Bertz CT molecular complexity index is 410. The first-order chi connectivity index (χ1) is 8.54. The fourth-order valence-corrected chi connectivity index (χ4v) is 1.80. The molecular formula is C13H17F2NO2. The van der Waals surface area contributed by atoms with E-state index in [-0.39, 0.29) is 12.0 Å². The van der Waals surface area contributed by atoms with E-state index >= 15 is 0 Å². The minimum Gasteiger partial charge on any atom is -0.481 e. The highest BCUT2D eigenvalue weighted by Gasteiger charge is 2.19. The Kier molecular flexibility index (Phi) is 5.71. The molecule has 0 aliphatic heterocycles. The van der Waals surface area contributed by atoms with Crippen molar-refractivity contribution in [3.05, 3.63) is 35.4 Å². The molecule has 3 nitrogen and oxygen atoms in total. The van der Waals surface area contributed by atoms with Gasteiger partial charge in [-0.2, -0.15) is 0 Å². The van der Waals surface area contributed by atoms with Gasteiger partial charge in [0, 0.05) is 6.07 Å². The summed E-state index contributed by atoms with van der Waals surface area (Å²) in [6.07, 6.45) is 1.96. The number of hydrogen-bond acceptors (Lipinski definition) is 2. The average Bonchev–Trinajstić information content (AvgIpc) is 2.30. The van der Waals surface area contributed by atoms with Gasteiger partial charge in [-0.3, -0.25) is 4.79 Å². The van der Waals surface area contributed by atoms with E-state index in [1.807, 2.05) is 0 Å². The minimum absolute atomic E-state index is 0.0754. The summed E-state index contributed by atoms with van der Waals surface area (Å²) in [4.78, 5) is 11.0. The Balaban J connectivity index is 2.67. The highest BCUT2D eigenvalue weighted by atomic mass is 19.1. The Morgan fingerprint density at radius 1 is 1.33 bits per heavy atom. The maximum absolute atomic E-state index is 13.4. The van der Waals surface area contributed by atoms with Crippen molar-refractivity contribution in [1.82, 2.24) is 0 Å². The molecule has 1 unspecified atom stereocenters. The van der Waals surface area contributed by atoms with E-state index in [0.717, 1.165) is 18.6 Å². The molecular weight excluding hydrogens is 240 g/mol. The van der Waals surface area contributed by atoms with Crippen LogP contribution in [0.5, 0.6) is 0 Å². The molecule has 0 fully saturated rings. The first kappa shape index (κ1) is 14.6. The lowest BCUT2D eigenvalue weighted by Gasteiger charge is -2.12. The zero-order valence-corrected chi connectivity index (χ0v) is 10.0. The molecule has 0 bridgehead atoms. The lowest BCUT2D eigenvalue weighted by Crippen LogP contribution is -2.17. The van der Waals surface area contributed by atoms with Crippen molar-refractivity contribution in [3.63, 3.8) is 0 Å². The molecule has 1 rings (SSSR count). The largest absolute Gasteiger partial charge is 0.481 e. The third kappa shape index (κ3) is 4.41. The third-order valence-electron chi connectivity index (χ3n) is 2.84. The van der Waals surface area contributed by atoms with Crippen LogP contribution in [0.15, 0.2) is 18.2 Å². The molecule has 3 N–H and O–H groups in total. The van der Waals surface area contributed by atoms with Crippen LogP contribution in [0, 0.1) is 17.6 Å². The highest BCUT2D eigenvalue weighted by molar-refractivity contribution is 5.70. The van der Waals surface area contributed by atoms with Crippen LogP contribution >= 0.6 is 0 Å². The topological polar surface area (TPSA) is 63.3 Å². The van der Waals surface area contributed by atoms with Crippen LogP contribution in [0.1, 0.15) is 24.8 Å². The summed E-state index contributed by atoms with van der Waals surface area (Å²) in [6, 6.07) is 3.20. The molecule has 1 atom stereocenters. The fourth-order valence-electron chi connectivity index (χ4n) is 1.80. The molecule has 1 aromatic rings. The first-order valence-electron chi connectivity index (χ1n) is 5.91. The van der Waals surface area contributed by atoms with Gasteiger partial charge in [0.05, 0.1) is 5.92 Å². The van der Waals surface area contributed by atoms with Gasteiger partial charge < -0.3 is 10.8 Å². The van der Waals surface area contributed by atoms with Gasteiger partial charge in [-0.15, -0.1) is 0 Å². The SMILES string of the molecule is NCCCCC(Cc1ccc(F)cc1F)C(=O)O. The van der Waals surface area contributed by atoms with Crippen LogP contribution < -0.4 is 5.73 Å². The molecule has 0 heterocycles. The molecule has 0 saturated heterocycles. The normalized spacial score (nSPS) is 12.4. The lowest BCUT2D eigenvalue weighted by atomic mass is 9.94. The van der Waals surface area contributed by atoms with Crippen molar-refractivity contribution < 1.29 is 18.7 Å². The fraction of sp³-hybridized carbons (Fsp3) is 0.462. The molecule has 0 spiro atoms.